The molecule has 0 radical (unpaired) electrons. The molecule has 0 unspecified atom stereocenters. The zero-order valence-electron chi connectivity index (χ0n) is 9.76. The Kier molecular flexibility index (Phi) is 2.56. The van der Waals surface area contributed by atoms with E-state index in [-0.39, 0.29) is 0 Å². The van der Waals surface area contributed by atoms with E-state index in [1.54, 1.807) is 6.20 Å². The van der Waals surface area contributed by atoms with Crippen LogP contribution in [0.5, 0.6) is 0 Å². The number of aromatic nitrogens is 3. The first-order valence-corrected chi connectivity index (χ1v) is 6.31. The number of imidazole rings is 1. The van der Waals surface area contributed by atoms with Crippen LogP contribution in [0.15, 0.2) is 41.0 Å². The Hall–Kier alpha value is -1.88. The molecule has 0 saturated heterocycles. The van der Waals surface area contributed by atoms with E-state index >= 15 is 0 Å². The van der Waals surface area contributed by atoms with Crippen LogP contribution in [-0.2, 0) is 0 Å². The Labute approximate surface area is 113 Å². The number of rotatable bonds is 1. The second-order valence-corrected chi connectivity index (χ2v) is 5.00. The van der Waals surface area contributed by atoms with E-state index in [1.807, 2.05) is 41.8 Å². The fourth-order valence-electron chi connectivity index (χ4n) is 1.98. The zero-order chi connectivity index (χ0) is 12.7. The van der Waals surface area contributed by atoms with Gasteiger partial charge in [0.15, 0.2) is 5.65 Å². The van der Waals surface area contributed by atoms with Gasteiger partial charge in [0.2, 0.25) is 5.95 Å². The third-order valence-electron chi connectivity index (χ3n) is 2.84. The molecule has 4 nitrogen and oxygen atoms in total. The lowest BCUT2D eigenvalue weighted by Gasteiger charge is -2.06. The standard InChI is InChI=1S/C13H11BrN4/c1-8-5-6-16-12-11(8)17-13(15)18(12)10-4-2-3-9(14)7-10/h2-7H,1H3,(H2,15,17). The number of nitrogens with two attached hydrogens (primary N) is 1. The molecule has 2 N–H and O–H groups in total. The van der Waals surface area contributed by atoms with E-state index in [0.29, 0.717) is 5.95 Å². The van der Waals surface area contributed by atoms with Gasteiger partial charge in [-0.25, -0.2) is 9.97 Å². The molecule has 0 aliphatic carbocycles. The summed E-state index contributed by atoms with van der Waals surface area (Å²) in [7, 11) is 0. The van der Waals surface area contributed by atoms with E-state index in [0.717, 1.165) is 26.9 Å². The summed E-state index contributed by atoms with van der Waals surface area (Å²) in [6.45, 7) is 2.00. The summed E-state index contributed by atoms with van der Waals surface area (Å²) < 4.78 is 2.85. The van der Waals surface area contributed by atoms with Gasteiger partial charge in [0.25, 0.3) is 0 Å². The van der Waals surface area contributed by atoms with Gasteiger partial charge in [0, 0.05) is 10.7 Å². The van der Waals surface area contributed by atoms with Gasteiger partial charge in [-0.15, -0.1) is 0 Å². The summed E-state index contributed by atoms with van der Waals surface area (Å²) in [6, 6.07) is 9.83. The minimum absolute atomic E-state index is 0.449. The van der Waals surface area contributed by atoms with Crippen molar-refractivity contribution in [3.63, 3.8) is 0 Å². The van der Waals surface area contributed by atoms with Crippen molar-refractivity contribution in [3.05, 3.63) is 46.6 Å². The number of fused-ring (bicyclic) bond motifs is 1. The lowest BCUT2D eigenvalue weighted by atomic mass is 10.2. The number of halogens is 1. The Morgan fingerprint density at radius 2 is 2.11 bits per heavy atom. The highest BCUT2D eigenvalue weighted by Crippen LogP contribution is 2.24. The van der Waals surface area contributed by atoms with Crippen LogP contribution in [0.1, 0.15) is 5.56 Å². The van der Waals surface area contributed by atoms with Crippen LogP contribution in [0.4, 0.5) is 5.95 Å². The molecule has 3 rings (SSSR count). The molecule has 1 aromatic carbocycles. The molecule has 0 bridgehead atoms. The number of pyridine rings is 1. The molecule has 2 heterocycles. The summed E-state index contributed by atoms with van der Waals surface area (Å²) in [5, 5.41) is 0. The van der Waals surface area contributed by atoms with Crippen molar-refractivity contribution in [1.82, 2.24) is 14.5 Å². The van der Waals surface area contributed by atoms with Crippen LogP contribution in [0.25, 0.3) is 16.9 Å². The summed E-state index contributed by atoms with van der Waals surface area (Å²) in [5.74, 6) is 0.449. The molecule has 0 aliphatic rings. The molecule has 0 spiro atoms. The van der Waals surface area contributed by atoms with Crippen molar-refractivity contribution in [2.75, 3.05) is 5.73 Å². The maximum Gasteiger partial charge on any atom is 0.207 e. The fraction of sp³-hybridized carbons (Fsp3) is 0.0769. The number of hydrogen-bond donors (Lipinski definition) is 1. The van der Waals surface area contributed by atoms with E-state index in [9.17, 15) is 0 Å². The van der Waals surface area contributed by atoms with Crippen molar-refractivity contribution >= 4 is 33.0 Å². The van der Waals surface area contributed by atoms with Gasteiger partial charge in [-0.1, -0.05) is 22.0 Å². The lowest BCUT2D eigenvalue weighted by molar-refractivity contribution is 1.08. The van der Waals surface area contributed by atoms with Crippen LogP contribution in [0.3, 0.4) is 0 Å². The fourth-order valence-corrected chi connectivity index (χ4v) is 2.37. The number of hydrogen-bond acceptors (Lipinski definition) is 3. The monoisotopic (exact) mass is 302 g/mol. The smallest absolute Gasteiger partial charge is 0.207 e. The molecule has 5 heteroatoms. The molecule has 0 aliphatic heterocycles. The molecular weight excluding hydrogens is 292 g/mol. The molecule has 3 aromatic rings. The van der Waals surface area contributed by atoms with Crippen molar-refractivity contribution in [2.24, 2.45) is 0 Å². The molecule has 0 atom stereocenters. The molecule has 0 saturated carbocycles. The zero-order valence-corrected chi connectivity index (χ0v) is 11.3. The topological polar surface area (TPSA) is 56.7 Å². The number of anilines is 1. The first-order valence-electron chi connectivity index (χ1n) is 5.52. The second-order valence-electron chi connectivity index (χ2n) is 4.09. The normalized spacial score (nSPS) is 11.0. The lowest BCUT2D eigenvalue weighted by Crippen LogP contribution is -2.01. The first-order chi connectivity index (χ1) is 8.66. The predicted molar refractivity (Wildman–Crippen MR) is 75.7 cm³/mol. The van der Waals surface area contributed by atoms with E-state index < -0.39 is 0 Å². The van der Waals surface area contributed by atoms with Gasteiger partial charge in [-0.05, 0) is 36.8 Å². The SMILES string of the molecule is Cc1ccnc2c1nc(N)n2-c1cccc(Br)c1. The Bertz CT molecular complexity index is 733. The average Bonchev–Trinajstić information content (AvgIpc) is 2.67. The molecular formula is C13H11BrN4. The Morgan fingerprint density at radius 3 is 2.89 bits per heavy atom. The largest absolute Gasteiger partial charge is 0.369 e. The van der Waals surface area contributed by atoms with E-state index in [4.69, 9.17) is 5.73 Å². The molecule has 0 fully saturated rings. The van der Waals surface area contributed by atoms with Crippen molar-refractivity contribution in [2.45, 2.75) is 6.92 Å². The molecule has 18 heavy (non-hydrogen) atoms. The van der Waals surface area contributed by atoms with Crippen molar-refractivity contribution < 1.29 is 0 Å². The van der Waals surface area contributed by atoms with Gasteiger partial charge < -0.3 is 5.73 Å². The molecule has 0 amide bonds. The Balaban J connectivity index is 2.36. The van der Waals surface area contributed by atoms with Gasteiger partial charge in [-0.3, -0.25) is 4.57 Å². The highest BCUT2D eigenvalue weighted by Gasteiger charge is 2.12. The minimum atomic E-state index is 0.449. The number of benzene rings is 1. The summed E-state index contributed by atoms with van der Waals surface area (Å²) in [4.78, 5) is 8.76. The van der Waals surface area contributed by atoms with E-state index in [1.165, 1.54) is 0 Å². The summed E-state index contributed by atoms with van der Waals surface area (Å²) in [6.07, 6.45) is 1.77. The van der Waals surface area contributed by atoms with Gasteiger partial charge in [-0.2, -0.15) is 0 Å². The number of nitrogens with zero attached hydrogens (tertiary/aromatic N) is 3. The average molecular weight is 303 g/mol. The van der Waals surface area contributed by atoms with Crippen LogP contribution in [-0.4, -0.2) is 14.5 Å². The quantitative estimate of drug-likeness (QED) is 0.751. The summed E-state index contributed by atoms with van der Waals surface area (Å²) in [5.41, 5.74) is 9.64. The van der Waals surface area contributed by atoms with E-state index in [2.05, 4.69) is 25.9 Å². The minimum Gasteiger partial charge on any atom is -0.369 e. The van der Waals surface area contributed by atoms with Gasteiger partial charge in [0.05, 0.1) is 5.69 Å². The summed E-state index contributed by atoms with van der Waals surface area (Å²) >= 11 is 3.46. The van der Waals surface area contributed by atoms with Crippen LogP contribution < -0.4 is 5.73 Å². The Morgan fingerprint density at radius 1 is 1.28 bits per heavy atom. The highest BCUT2D eigenvalue weighted by atomic mass is 79.9. The van der Waals surface area contributed by atoms with Crippen molar-refractivity contribution in [1.29, 1.82) is 0 Å². The van der Waals surface area contributed by atoms with Crippen LogP contribution in [0.2, 0.25) is 0 Å². The van der Waals surface area contributed by atoms with Gasteiger partial charge >= 0.3 is 0 Å². The third kappa shape index (κ3) is 1.67. The second kappa shape index (κ2) is 4.10. The van der Waals surface area contributed by atoms with Crippen LogP contribution >= 0.6 is 15.9 Å². The first kappa shape index (κ1) is 11.2. The third-order valence-corrected chi connectivity index (χ3v) is 3.33. The van der Waals surface area contributed by atoms with Crippen LogP contribution in [0, 0.1) is 6.92 Å². The van der Waals surface area contributed by atoms with Gasteiger partial charge in [0.1, 0.15) is 5.52 Å². The maximum absolute atomic E-state index is 6.00. The predicted octanol–water partition coefficient (Wildman–Crippen LogP) is 3.07. The highest BCUT2D eigenvalue weighted by molar-refractivity contribution is 9.10. The molecule has 90 valence electrons. The van der Waals surface area contributed by atoms with Crippen molar-refractivity contribution in [3.8, 4) is 5.69 Å². The molecule has 2 aromatic heterocycles. The maximum atomic E-state index is 6.00. The number of nitrogen functional groups attached to an aromatic ring is 1. The number of aryl methyl sites for hydroxylation is 1.